The third-order valence-corrected chi connectivity index (χ3v) is 7.91. The molecule has 1 unspecified atom stereocenters. The zero-order valence-electron chi connectivity index (χ0n) is 16.0. The van der Waals surface area contributed by atoms with Gasteiger partial charge in [0.05, 0.1) is 6.04 Å². The van der Waals surface area contributed by atoms with Gasteiger partial charge in [-0.15, -0.1) is 11.3 Å². The van der Waals surface area contributed by atoms with Crippen molar-refractivity contribution in [3.8, 4) is 0 Å². The van der Waals surface area contributed by atoms with Gasteiger partial charge >= 0.3 is 5.97 Å². The molecule has 0 aliphatic carbocycles. The molecule has 0 amide bonds. The summed E-state index contributed by atoms with van der Waals surface area (Å²) >= 11 is 0.976. The molecule has 0 bridgehead atoms. The Morgan fingerprint density at radius 3 is 2.32 bits per heavy atom. The lowest BCUT2D eigenvalue weighted by Gasteiger charge is -2.34. The second-order valence-electron chi connectivity index (χ2n) is 7.37. The highest BCUT2D eigenvalue weighted by molar-refractivity contribution is 7.90. The van der Waals surface area contributed by atoms with Gasteiger partial charge in [-0.25, -0.2) is 17.9 Å². The fourth-order valence-electron chi connectivity index (χ4n) is 3.17. The lowest BCUT2D eigenvalue weighted by atomic mass is 9.79. The minimum Gasteiger partial charge on any atom is -0.477 e. The number of thiophene rings is 1. The molecule has 0 aliphatic rings. The molecule has 5 nitrogen and oxygen atoms in total. The van der Waals surface area contributed by atoms with Gasteiger partial charge in [-0.2, -0.15) is 0 Å². The van der Waals surface area contributed by atoms with Gasteiger partial charge in [-0.1, -0.05) is 69.3 Å². The van der Waals surface area contributed by atoms with Crippen LogP contribution in [-0.2, 0) is 10.0 Å². The summed E-state index contributed by atoms with van der Waals surface area (Å²) in [5.74, 6) is -1.24. The van der Waals surface area contributed by atoms with Crippen molar-refractivity contribution in [2.24, 2.45) is 5.41 Å². The first kappa shape index (κ1) is 20.5. The molecule has 28 heavy (non-hydrogen) atoms. The van der Waals surface area contributed by atoms with E-state index in [1.807, 2.05) is 51.1 Å². The average Bonchev–Trinajstić information content (AvgIpc) is 3.08. The molecule has 0 saturated carbocycles. The summed E-state index contributed by atoms with van der Waals surface area (Å²) in [7, 11) is -4.08. The van der Waals surface area contributed by atoms with E-state index in [2.05, 4.69) is 4.72 Å². The highest BCUT2D eigenvalue weighted by atomic mass is 32.2. The Morgan fingerprint density at radius 2 is 1.71 bits per heavy atom. The van der Waals surface area contributed by atoms with Gasteiger partial charge in [0.25, 0.3) is 0 Å². The number of benzene rings is 2. The molecular formula is C21H23NO4S2. The van der Waals surface area contributed by atoms with Crippen LogP contribution in [0.1, 0.15) is 48.5 Å². The van der Waals surface area contributed by atoms with Crippen molar-refractivity contribution in [2.75, 3.05) is 0 Å². The first-order chi connectivity index (χ1) is 13.2. The van der Waals surface area contributed by atoms with Crippen molar-refractivity contribution in [1.82, 2.24) is 4.72 Å². The monoisotopic (exact) mass is 417 g/mol. The predicted octanol–water partition coefficient (Wildman–Crippen LogP) is 5.06. The molecule has 7 heteroatoms. The van der Waals surface area contributed by atoms with Crippen LogP contribution in [0, 0.1) is 5.41 Å². The molecule has 0 spiro atoms. The van der Waals surface area contributed by atoms with Crippen LogP contribution in [0.3, 0.4) is 0 Å². The number of fused-ring (bicyclic) bond motifs is 1. The number of carbonyl (C=O) groups is 1. The summed E-state index contributed by atoms with van der Waals surface area (Å²) in [5.41, 5.74) is 0.471. The van der Waals surface area contributed by atoms with Gasteiger partial charge in [0.15, 0.2) is 0 Å². The molecule has 0 radical (unpaired) electrons. The van der Waals surface area contributed by atoms with Crippen molar-refractivity contribution in [3.05, 3.63) is 65.0 Å². The fourth-order valence-corrected chi connectivity index (χ4v) is 6.31. The molecule has 1 atom stereocenters. The van der Waals surface area contributed by atoms with Crippen molar-refractivity contribution < 1.29 is 18.3 Å². The average molecular weight is 418 g/mol. The first-order valence-corrected chi connectivity index (χ1v) is 11.3. The van der Waals surface area contributed by atoms with Gasteiger partial charge in [0.2, 0.25) is 10.0 Å². The van der Waals surface area contributed by atoms with Gasteiger partial charge in [0, 0.05) is 10.1 Å². The molecule has 1 aromatic heterocycles. The number of sulfonamides is 1. The molecule has 0 fully saturated rings. The van der Waals surface area contributed by atoms with Crippen LogP contribution in [0.25, 0.3) is 10.1 Å². The second-order valence-corrected chi connectivity index (χ2v) is 10.1. The van der Waals surface area contributed by atoms with Gasteiger partial charge < -0.3 is 5.11 Å². The van der Waals surface area contributed by atoms with Crippen LogP contribution < -0.4 is 4.72 Å². The van der Waals surface area contributed by atoms with E-state index >= 15 is 0 Å². The maximum Gasteiger partial charge on any atom is 0.347 e. The summed E-state index contributed by atoms with van der Waals surface area (Å²) in [4.78, 5) is 11.4. The number of rotatable bonds is 7. The normalized spacial score (nSPS) is 13.5. The van der Waals surface area contributed by atoms with E-state index in [9.17, 15) is 18.3 Å². The number of aromatic carboxylic acids is 1. The standard InChI is InChI=1S/C21H23NO4S2/c1-4-21(2,3)19(14-10-6-5-7-11-14)22-28(25,26)18-15-12-8-9-13-16(15)27-17(18)20(23)24/h5-13,19,22H,4H2,1-3H3,(H,23,24). The third-order valence-electron chi connectivity index (χ3n) is 5.11. The van der Waals surface area contributed by atoms with E-state index in [-0.39, 0.29) is 15.2 Å². The number of carboxylic acid groups (broad SMARTS) is 1. The smallest absolute Gasteiger partial charge is 0.347 e. The summed E-state index contributed by atoms with van der Waals surface area (Å²) < 4.78 is 30.3. The lowest BCUT2D eigenvalue weighted by molar-refractivity contribution is 0.0698. The third kappa shape index (κ3) is 3.83. The van der Waals surface area contributed by atoms with Crippen molar-refractivity contribution in [1.29, 1.82) is 0 Å². The Balaban J connectivity index is 2.16. The van der Waals surface area contributed by atoms with E-state index in [0.29, 0.717) is 10.1 Å². The molecule has 2 aromatic carbocycles. The summed E-state index contributed by atoms with van der Waals surface area (Å²) in [6, 6.07) is 15.7. The first-order valence-electron chi connectivity index (χ1n) is 8.99. The van der Waals surface area contributed by atoms with E-state index in [0.717, 1.165) is 23.3 Å². The zero-order valence-corrected chi connectivity index (χ0v) is 17.6. The largest absolute Gasteiger partial charge is 0.477 e. The van der Waals surface area contributed by atoms with Crippen LogP contribution in [0.15, 0.2) is 59.5 Å². The minimum atomic E-state index is -4.08. The van der Waals surface area contributed by atoms with Gasteiger partial charge in [-0.3, -0.25) is 0 Å². The minimum absolute atomic E-state index is 0.159. The Hall–Kier alpha value is -2.22. The zero-order chi connectivity index (χ0) is 20.5. The van der Waals surface area contributed by atoms with Crippen LogP contribution in [0.4, 0.5) is 0 Å². The van der Waals surface area contributed by atoms with Crippen LogP contribution in [0.5, 0.6) is 0 Å². The van der Waals surface area contributed by atoms with Crippen LogP contribution >= 0.6 is 11.3 Å². The molecule has 3 rings (SSSR count). The molecular weight excluding hydrogens is 394 g/mol. The van der Waals surface area contributed by atoms with E-state index in [1.165, 1.54) is 0 Å². The summed E-state index contributed by atoms with van der Waals surface area (Å²) in [6.45, 7) is 6.00. The Labute approximate surface area is 169 Å². The molecule has 0 aliphatic heterocycles. The maximum absolute atomic E-state index is 13.4. The van der Waals surface area contributed by atoms with E-state index in [1.54, 1.807) is 24.3 Å². The van der Waals surface area contributed by atoms with Gasteiger partial charge in [-0.05, 0) is 23.5 Å². The van der Waals surface area contributed by atoms with Crippen molar-refractivity contribution >= 4 is 37.4 Å². The Kier molecular flexibility index (Phi) is 5.61. The Morgan fingerprint density at radius 1 is 1.11 bits per heavy atom. The van der Waals surface area contributed by atoms with Crippen LogP contribution in [-0.4, -0.2) is 19.5 Å². The number of hydrogen-bond acceptors (Lipinski definition) is 4. The molecule has 0 saturated heterocycles. The van der Waals surface area contributed by atoms with Gasteiger partial charge in [0.1, 0.15) is 9.77 Å². The molecule has 1 heterocycles. The second kappa shape index (κ2) is 7.66. The van der Waals surface area contributed by atoms with Crippen molar-refractivity contribution in [3.63, 3.8) is 0 Å². The summed E-state index contributed by atoms with van der Waals surface area (Å²) in [5, 5.41) is 10.0. The fraction of sp³-hybridized carbons (Fsp3) is 0.286. The summed E-state index contributed by atoms with van der Waals surface area (Å²) in [6.07, 6.45) is 0.741. The van der Waals surface area contributed by atoms with Crippen LogP contribution in [0.2, 0.25) is 0 Å². The lowest BCUT2D eigenvalue weighted by Crippen LogP contribution is -2.38. The number of hydrogen-bond donors (Lipinski definition) is 2. The molecule has 3 aromatic rings. The molecule has 2 N–H and O–H groups in total. The number of nitrogens with one attached hydrogen (secondary N) is 1. The topological polar surface area (TPSA) is 83.5 Å². The van der Waals surface area contributed by atoms with E-state index in [4.69, 9.17) is 0 Å². The number of carboxylic acids is 1. The maximum atomic E-state index is 13.4. The molecule has 148 valence electrons. The quantitative estimate of drug-likeness (QED) is 0.563. The Bertz CT molecular complexity index is 1100. The SMILES string of the molecule is CCC(C)(C)C(NS(=O)(=O)c1c(C(=O)O)sc2ccccc12)c1ccccc1. The van der Waals surface area contributed by atoms with E-state index < -0.39 is 22.0 Å². The van der Waals surface area contributed by atoms with Crippen molar-refractivity contribution in [2.45, 2.75) is 38.1 Å². The predicted molar refractivity (Wildman–Crippen MR) is 112 cm³/mol. The highest BCUT2D eigenvalue weighted by Crippen LogP contribution is 2.40. The highest BCUT2D eigenvalue weighted by Gasteiger charge is 2.36.